The minimum absolute atomic E-state index is 0.163. The van der Waals surface area contributed by atoms with Crippen LogP contribution in [-0.4, -0.2) is 37.5 Å². The van der Waals surface area contributed by atoms with E-state index in [-0.39, 0.29) is 40.8 Å². The molecule has 1 N–H and O–H groups in total. The molecule has 0 atom stereocenters. The van der Waals surface area contributed by atoms with Gasteiger partial charge in [0.1, 0.15) is 12.2 Å². The molecular formula is C28H22BrClN2O7. The first-order chi connectivity index (χ1) is 18.7. The standard InChI is InChI=1S/C28H22BrClN2O7/c1-3-38-27(35)18-6-10-20(11-7-18)32-26(34)21(25(33)31-28(32)36)12-17-13-22(30)24(23(14-17)37-2)39-15-16-4-8-19(29)9-5-16/h4-14H,3,15H2,1-2H3,(H,31,33,36)/b21-12+. The summed E-state index contributed by atoms with van der Waals surface area (Å²) in [6, 6.07) is 15.4. The number of nitrogens with zero attached hydrogens (tertiary/aromatic N) is 1. The molecule has 0 saturated carbocycles. The van der Waals surface area contributed by atoms with Crippen molar-refractivity contribution < 1.29 is 33.4 Å². The van der Waals surface area contributed by atoms with E-state index in [4.69, 9.17) is 25.8 Å². The second-order valence-electron chi connectivity index (χ2n) is 8.17. The highest BCUT2D eigenvalue weighted by Crippen LogP contribution is 2.38. The summed E-state index contributed by atoms with van der Waals surface area (Å²) in [6.45, 7) is 2.12. The summed E-state index contributed by atoms with van der Waals surface area (Å²) in [6.07, 6.45) is 1.30. The average Bonchev–Trinajstić information content (AvgIpc) is 2.91. The molecule has 0 aliphatic carbocycles. The highest BCUT2D eigenvalue weighted by molar-refractivity contribution is 9.10. The van der Waals surface area contributed by atoms with Gasteiger partial charge in [0.15, 0.2) is 11.5 Å². The summed E-state index contributed by atoms with van der Waals surface area (Å²) in [4.78, 5) is 51.1. The Hall–Kier alpha value is -4.15. The Labute approximate surface area is 237 Å². The molecule has 39 heavy (non-hydrogen) atoms. The van der Waals surface area contributed by atoms with E-state index in [9.17, 15) is 19.2 Å². The van der Waals surface area contributed by atoms with E-state index in [2.05, 4.69) is 21.2 Å². The molecule has 0 bridgehead atoms. The Morgan fingerprint density at radius 1 is 1.05 bits per heavy atom. The van der Waals surface area contributed by atoms with Crippen molar-refractivity contribution in [3.05, 3.63) is 92.4 Å². The van der Waals surface area contributed by atoms with Gasteiger partial charge < -0.3 is 14.2 Å². The number of hydrogen-bond donors (Lipinski definition) is 1. The molecule has 11 heteroatoms. The fourth-order valence-corrected chi connectivity index (χ4v) is 4.26. The molecule has 1 fully saturated rings. The second-order valence-corrected chi connectivity index (χ2v) is 9.50. The molecule has 1 heterocycles. The first-order valence-electron chi connectivity index (χ1n) is 11.6. The van der Waals surface area contributed by atoms with Gasteiger partial charge in [0.25, 0.3) is 11.8 Å². The first-order valence-corrected chi connectivity index (χ1v) is 12.8. The van der Waals surface area contributed by atoms with E-state index in [1.165, 1.54) is 43.5 Å². The monoisotopic (exact) mass is 612 g/mol. The quantitative estimate of drug-likeness (QED) is 0.202. The maximum Gasteiger partial charge on any atom is 0.338 e. The van der Waals surface area contributed by atoms with Crippen LogP contribution in [0.15, 0.2) is 70.7 Å². The maximum atomic E-state index is 13.3. The van der Waals surface area contributed by atoms with Crippen molar-refractivity contribution in [3.63, 3.8) is 0 Å². The van der Waals surface area contributed by atoms with Crippen molar-refractivity contribution in [2.75, 3.05) is 18.6 Å². The number of ether oxygens (including phenoxy) is 3. The number of benzene rings is 3. The van der Waals surface area contributed by atoms with Crippen molar-refractivity contribution in [2.45, 2.75) is 13.5 Å². The minimum Gasteiger partial charge on any atom is -0.493 e. The lowest BCUT2D eigenvalue weighted by molar-refractivity contribution is -0.122. The zero-order valence-electron chi connectivity index (χ0n) is 20.8. The molecule has 4 amide bonds. The first kappa shape index (κ1) is 27.9. The summed E-state index contributed by atoms with van der Waals surface area (Å²) >= 11 is 9.86. The number of amides is 4. The van der Waals surface area contributed by atoms with E-state index in [1.807, 2.05) is 24.3 Å². The van der Waals surface area contributed by atoms with Crippen molar-refractivity contribution in [1.29, 1.82) is 0 Å². The van der Waals surface area contributed by atoms with E-state index in [1.54, 1.807) is 13.0 Å². The number of urea groups is 1. The van der Waals surface area contributed by atoms with Gasteiger partial charge in [-0.2, -0.15) is 0 Å². The molecule has 0 spiro atoms. The van der Waals surface area contributed by atoms with Gasteiger partial charge in [-0.25, -0.2) is 14.5 Å². The Morgan fingerprint density at radius 3 is 2.38 bits per heavy atom. The molecule has 0 radical (unpaired) electrons. The highest BCUT2D eigenvalue weighted by atomic mass is 79.9. The van der Waals surface area contributed by atoms with Gasteiger partial charge in [-0.15, -0.1) is 0 Å². The molecule has 3 aromatic carbocycles. The Kier molecular flexibility index (Phi) is 8.68. The second kappa shape index (κ2) is 12.1. The van der Waals surface area contributed by atoms with Crippen LogP contribution in [0.4, 0.5) is 10.5 Å². The number of imide groups is 2. The molecule has 3 aromatic rings. The van der Waals surface area contributed by atoms with Gasteiger partial charge in [0.05, 0.1) is 30.0 Å². The van der Waals surface area contributed by atoms with Crippen LogP contribution in [0.3, 0.4) is 0 Å². The van der Waals surface area contributed by atoms with Crippen LogP contribution in [0.5, 0.6) is 11.5 Å². The fraction of sp³-hybridized carbons (Fsp3) is 0.143. The summed E-state index contributed by atoms with van der Waals surface area (Å²) in [7, 11) is 1.44. The molecule has 1 aliphatic heterocycles. The topological polar surface area (TPSA) is 111 Å². The van der Waals surface area contributed by atoms with E-state index in [0.717, 1.165) is 14.9 Å². The van der Waals surface area contributed by atoms with Gasteiger partial charge in [-0.1, -0.05) is 39.7 Å². The van der Waals surface area contributed by atoms with Gasteiger partial charge >= 0.3 is 12.0 Å². The molecule has 0 aromatic heterocycles. The van der Waals surface area contributed by atoms with Crippen LogP contribution in [0.25, 0.3) is 6.08 Å². The van der Waals surface area contributed by atoms with E-state index >= 15 is 0 Å². The number of barbiturate groups is 1. The van der Waals surface area contributed by atoms with Crippen LogP contribution in [0, 0.1) is 0 Å². The third-order valence-electron chi connectivity index (χ3n) is 5.60. The number of esters is 1. The molecule has 9 nitrogen and oxygen atoms in total. The van der Waals surface area contributed by atoms with Gasteiger partial charge in [0.2, 0.25) is 0 Å². The van der Waals surface area contributed by atoms with Crippen LogP contribution in [-0.2, 0) is 20.9 Å². The zero-order valence-corrected chi connectivity index (χ0v) is 23.2. The fourth-order valence-electron chi connectivity index (χ4n) is 3.72. The van der Waals surface area contributed by atoms with Crippen LogP contribution >= 0.6 is 27.5 Å². The Balaban J connectivity index is 1.60. The molecule has 4 rings (SSSR count). The Bertz CT molecular complexity index is 1470. The summed E-state index contributed by atoms with van der Waals surface area (Å²) in [5.41, 5.74) is 1.40. The number of rotatable bonds is 8. The normalized spacial score (nSPS) is 14.3. The van der Waals surface area contributed by atoms with E-state index < -0.39 is 23.8 Å². The van der Waals surface area contributed by atoms with Crippen LogP contribution < -0.4 is 19.7 Å². The number of anilines is 1. The predicted octanol–water partition coefficient (Wildman–Crippen LogP) is 5.53. The van der Waals surface area contributed by atoms with Crippen LogP contribution in [0.1, 0.15) is 28.4 Å². The SMILES string of the molecule is CCOC(=O)c1ccc(N2C(=O)NC(=O)/C(=C\c3cc(Cl)c(OCc4ccc(Br)cc4)c(OC)c3)C2=O)cc1. The van der Waals surface area contributed by atoms with Crippen molar-refractivity contribution >= 4 is 63.1 Å². The van der Waals surface area contributed by atoms with Crippen molar-refractivity contribution in [1.82, 2.24) is 5.32 Å². The molecule has 1 aliphatic rings. The number of nitrogens with one attached hydrogen (secondary N) is 1. The number of carbonyl (C=O) groups is 4. The number of hydrogen-bond acceptors (Lipinski definition) is 7. The van der Waals surface area contributed by atoms with Crippen LogP contribution in [0.2, 0.25) is 5.02 Å². The number of methoxy groups -OCH3 is 1. The third-order valence-corrected chi connectivity index (χ3v) is 6.41. The molecule has 1 saturated heterocycles. The molecule has 0 unspecified atom stereocenters. The third kappa shape index (κ3) is 6.30. The maximum absolute atomic E-state index is 13.3. The molecule has 200 valence electrons. The van der Waals surface area contributed by atoms with Gasteiger partial charge in [-0.05, 0) is 72.7 Å². The average molecular weight is 614 g/mol. The van der Waals surface area contributed by atoms with Crippen molar-refractivity contribution in [3.8, 4) is 11.5 Å². The minimum atomic E-state index is -0.918. The lowest BCUT2D eigenvalue weighted by atomic mass is 10.1. The highest BCUT2D eigenvalue weighted by Gasteiger charge is 2.37. The van der Waals surface area contributed by atoms with E-state index in [0.29, 0.717) is 11.3 Å². The summed E-state index contributed by atoms with van der Waals surface area (Å²) < 4.78 is 17.2. The predicted molar refractivity (Wildman–Crippen MR) is 148 cm³/mol. The number of carbonyl (C=O) groups excluding carboxylic acids is 4. The smallest absolute Gasteiger partial charge is 0.338 e. The Morgan fingerprint density at radius 2 is 1.74 bits per heavy atom. The molecular weight excluding hydrogens is 592 g/mol. The van der Waals surface area contributed by atoms with Crippen molar-refractivity contribution in [2.24, 2.45) is 0 Å². The summed E-state index contributed by atoms with van der Waals surface area (Å²) in [5, 5.41) is 2.36. The van der Waals surface area contributed by atoms with Gasteiger partial charge in [0, 0.05) is 4.47 Å². The lowest BCUT2D eigenvalue weighted by Gasteiger charge is -2.26. The zero-order chi connectivity index (χ0) is 28.1. The number of halogens is 2. The van der Waals surface area contributed by atoms with Gasteiger partial charge in [-0.3, -0.25) is 14.9 Å². The lowest BCUT2D eigenvalue weighted by Crippen LogP contribution is -2.54. The largest absolute Gasteiger partial charge is 0.493 e. The summed E-state index contributed by atoms with van der Waals surface area (Å²) in [5.74, 6) is -1.67.